The Morgan fingerprint density at radius 2 is 1.79 bits per heavy atom. The molecular formula is C25H37FN3O7PS. The molecule has 10 nitrogen and oxygen atoms in total. The zero-order chi connectivity index (χ0) is 27.5. The van der Waals surface area contributed by atoms with Crippen LogP contribution in [-0.2, 0) is 14.2 Å². The number of para-hydroxylation sites is 1. The van der Waals surface area contributed by atoms with Crippen LogP contribution in [0.4, 0.5) is 9.18 Å². The predicted octanol–water partition coefficient (Wildman–Crippen LogP) is 3.92. The number of hydrogen-bond acceptors (Lipinski definition) is 6. The molecular weight excluding hydrogens is 536 g/mol. The number of halogens is 1. The van der Waals surface area contributed by atoms with E-state index in [-0.39, 0.29) is 41.8 Å². The van der Waals surface area contributed by atoms with E-state index in [0.29, 0.717) is 24.6 Å². The van der Waals surface area contributed by atoms with Crippen LogP contribution in [0, 0.1) is 0 Å². The highest BCUT2D eigenvalue weighted by Gasteiger charge is 2.42. The van der Waals surface area contributed by atoms with Crippen LogP contribution in [0.25, 0.3) is 0 Å². The standard InChI is InChI=1S/C25H37FN3O7PS/c26-23(17-10-5-6-12-20(17)36-37(33,34)35)19(30)11-4-2-1-3-9-15-27-22(31)14-8-7-13-21-24-18(16-38-21)28-25(32)29-24/h5-6,10,12,18,21,23-24H,1-4,7-9,11,13-16H2,(H,27,31)(H2,28,29,32)(H2,33,34,35). The number of rotatable bonds is 17. The molecule has 2 heterocycles. The summed E-state index contributed by atoms with van der Waals surface area (Å²) in [5, 5.41) is 9.26. The summed E-state index contributed by atoms with van der Waals surface area (Å²) in [6.45, 7) is 0.598. The Bertz CT molecular complexity index is 1010. The summed E-state index contributed by atoms with van der Waals surface area (Å²) in [4.78, 5) is 53.6. The molecule has 2 aliphatic rings. The summed E-state index contributed by atoms with van der Waals surface area (Å²) in [5.74, 6) is -0.0192. The van der Waals surface area contributed by atoms with Gasteiger partial charge in [0.1, 0.15) is 5.75 Å². The van der Waals surface area contributed by atoms with E-state index in [1.807, 2.05) is 11.8 Å². The topological polar surface area (TPSA) is 154 Å². The molecule has 0 radical (unpaired) electrons. The Hall–Kier alpha value is -2.14. The van der Waals surface area contributed by atoms with Gasteiger partial charge in [-0.2, -0.15) is 11.8 Å². The largest absolute Gasteiger partial charge is 0.524 e. The van der Waals surface area contributed by atoms with Crippen molar-refractivity contribution in [2.75, 3.05) is 12.3 Å². The number of carbonyl (C=O) groups excluding carboxylic acids is 3. The summed E-state index contributed by atoms with van der Waals surface area (Å²) >= 11 is 1.88. The number of Topliss-reactive ketones (excluding diaryl/α,β-unsaturated/α-hetero) is 1. The number of fused-ring (bicyclic) bond motifs is 1. The van der Waals surface area contributed by atoms with Crippen molar-refractivity contribution < 1.29 is 37.6 Å². The Labute approximate surface area is 226 Å². The molecule has 4 atom stereocenters. The maximum Gasteiger partial charge on any atom is 0.524 e. The van der Waals surface area contributed by atoms with Crippen LogP contribution in [-0.4, -0.2) is 57.1 Å². The lowest BCUT2D eigenvalue weighted by atomic mass is 10.0. The highest BCUT2D eigenvalue weighted by atomic mass is 32.2. The van der Waals surface area contributed by atoms with Crippen LogP contribution in [0.2, 0.25) is 0 Å². The summed E-state index contributed by atoms with van der Waals surface area (Å²) in [5.41, 5.74) is -0.192. The second-order valence-corrected chi connectivity index (χ2v) is 12.1. The van der Waals surface area contributed by atoms with Gasteiger partial charge in [-0.25, -0.2) is 13.8 Å². The average molecular weight is 574 g/mol. The SMILES string of the molecule is O=C(CCCCC1SCC2NC(=O)NC21)NCCCCCCCC(=O)C(F)c1ccccc1OP(=O)(O)O. The fraction of sp³-hybridized carbons (Fsp3) is 0.640. The lowest BCUT2D eigenvalue weighted by Gasteiger charge is -2.16. The number of unbranched alkanes of at least 4 members (excludes halogenated alkanes) is 5. The number of amides is 3. The average Bonchev–Trinajstić information content (AvgIpc) is 3.41. The number of hydrogen-bond donors (Lipinski definition) is 5. The lowest BCUT2D eigenvalue weighted by Crippen LogP contribution is -2.36. The first-order valence-electron chi connectivity index (χ1n) is 13.1. The molecule has 2 fully saturated rings. The van der Waals surface area contributed by atoms with Crippen LogP contribution in [0.1, 0.15) is 75.9 Å². The second kappa shape index (κ2) is 14.9. The van der Waals surface area contributed by atoms with E-state index >= 15 is 0 Å². The molecule has 4 unspecified atom stereocenters. The molecule has 3 rings (SSSR count). The third-order valence-corrected chi connectivity index (χ3v) is 8.64. The van der Waals surface area contributed by atoms with Crippen LogP contribution in [0.15, 0.2) is 24.3 Å². The van der Waals surface area contributed by atoms with Crippen molar-refractivity contribution in [3.05, 3.63) is 29.8 Å². The highest BCUT2D eigenvalue weighted by molar-refractivity contribution is 8.00. The normalized spacial score (nSPS) is 21.3. The van der Waals surface area contributed by atoms with Crippen molar-refractivity contribution in [3.63, 3.8) is 0 Å². The van der Waals surface area contributed by atoms with E-state index in [1.54, 1.807) is 0 Å². The van der Waals surface area contributed by atoms with E-state index in [4.69, 9.17) is 9.79 Å². The van der Waals surface area contributed by atoms with Gasteiger partial charge in [-0.15, -0.1) is 0 Å². The highest BCUT2D eigenvalue weighted by Crippen LogP contribution is 2.41. The molecule has 38 heavy (non-hydrogen) atoms. The molecule has 2 saturated heterocycles. The molecule has 0 spiro atoms. The number of phosphoric acid groups is 1. The van der Waals surface area contributed by atoms with Gasteiger partial charge < -0.3 is 20.5 Å². The quantitative estimate of drug-likeness (QED) is 0.107. The maximum atomic E-state index is 14.6. The Balaban J connectivity index is 1.18. The summed E-state index contributed by atoms with van der Waals surface area (Å²) in [7, 11) is -4.87. The van der Waals surface area contributed by atoms with Crippen molar-refractivity contribution in [3.8, 4) is 5.75 Å². The molecule has 0 bridgehead atoms. The molecule has 13 heteroatoms. The van der Waals surface area contributed by atoms with E-state index in [0.717, 1.165) is 50.7 Å². The van der Waals surface area contributed by atoms with Crippen molar-refractivity contribution in [1.82, 2.24) is 16.0 Å². The number of urea groups is 1. The first-order chi connectivity index (χ1) is 18.1. The molecule has 212 valence electrons. The van der Waals surface area contributed by atoms with Gasteiger partial charge in [-0.05, 0) is 31.7 Å². The van der Waals surface area contributed by atoms with Crippen molar-refractivity contribution >= 4 is 37.3 Å². The van der Waals surface area contributed by atoms with Gasteiger partial charge >= 0.3 is 13.9 Å². The van der Waals surface area contributed by atoms with Crippen LogP contribution >= 0.6 is 19.6 Å². The van der Waals surface area contributed by atoms with Gasteiger partial charge in [-0.3, -0.25) is 19.4 Å². The van der Waals surface area contributed by atoms with Crippen molar-refractivity contribution in [1.29, 1.82) is 0 Å². The lowest BCUT2D eigenvalue weighted by molar-refractivity contribution is -0.124. The molecule has 0 saturated carbocycles. The van der Waals surface area contributed by atoms with E-state index in [2.05, 4.69) is 20.5 Å². The van der Waals surface area contributed by atoms with Gasteiger partial charge in [0.15, 0.2) is 12.0 Å². The monoisotopic (exact) mass is 573 g/mol. The minimum Gasteiger partial charge on any atom is -0.404 e. The summed E-state index contributed by atoms with van der Waals surface area (Å²) < 4.78 is 30.2. The molecule has 1 aromatic carbocycles. The van der Waals surface area contributed by atoms with E-state index < -0.39 is 19.8 Å². The van der Waals surface area contributed by atoms with Gasteiger partial charge in [0.05, 0.1) is 12.1 Å². The van der Waals surface area contributed by atoms with Gasteiger partial charge in [0.2, 0.25) is 5.91 Å². The van der Waals surface area contributed by atoms with Crippen LogP contribution in [0.3, 0.4) is 0 Å². The molecule has 1 aromatic rings. The Morgan fingerprint density at radius 1 is 1.08 bits per heavy atom. The fourth-order valence-electron chi connectivity index (χ4n) is 4.75. The minimum atomic E-state index is -4.87. The first kappa shape index (κ1) is 30.4. The zero-order valence-corrected chi connectivity index (χ0v) is 23.0. The van der Waals surface area contributed by atoms with Crippen LogP contribution in [0.5, 0.6) is 5.75 Å². The number of phosphoric ester groups is 1. The molecule has 2 aliphatic heterocycles. The zero-order valence-electron chi connectivity index (χ0n) is 21.3. The van der Waals surface area contributed by atoms with E-state index in [9.17, 15) is 23.3 Å². The van der Waals surface area contributed by atoms with Crippen molar-refractivity contribution in [2.24, 2.45) is 0 Å². The summed E-state index contributed by atoms with van der Waals surface area (Å²) in [6.07, 6.45) is 5.06. The second-order valence-electron chi connectivity index (χ2n) is 9.68. The number of nitrogens with one attached hydrogen (secondary N) is 3. The number of carbonyl (C=O) groups is 3. The van der Waals surface area contributed by atoms with Crippen molar-refractivity contribution in [2.45, 2.75) is 87.7 Å². The molecule has 0 aromatic heterocycles. The first-order valence-corrected chi connectivity index (χ1v) is 15.7. The third-order valence-electron chi connectivity index (χ3n) is 6.69. The molecule has 5 N–H and O–H groups in total. The third kappa shape index (κ3) is 9.87. The van der Waals surface area contributed by atoms with Gasteiger partial charge in [0.25, 0.3) is 0 Å². The predicted molar refractivity (Wildman–Crippen MR) is 143 cm³/mol. The molecule has 3 amide bonds. The smallest absolute Gasteiger partial charge is 0.404 e. The van der Waals surface area contributed by atoms with Gasteiger partial charge in [0, 0.05) is 36.0 Å². The Kier molecular flexibility index (Phi) is 11.9. The summed E-state index contributed by atoms with van der Waals surface area (Å²) in [6, 6.07) is 5.75. The Morgan fingerprint density at radius 3 is 2.58 bits per heavy atom. The fourth-order valence-corrected chi connectivity index (χ4v) is 6.71. The minimum absolute atomic E-state index is 0.0196. The number of ketones is 1. The number of benzene rings is 1. The molecule has 0 aliphatic carbocycles. The maximum absolute atomic E-state index is 14.6. The number of thioether (sulfide) groups is 1. The number of alkyl halides is 1. The van der Waals surface area contributed by atoms with Gasteiger partial charge in [-0.1, -0.05) is 43.9 Å². The van der Waals surface area contributed by atoms with Crippen LogP contribution < -0.4 is 20.5 Å². The van der Waals surface area contributed by atoms with E-state index in [1.165, 1.54) is 24.3 Å².